The largest absolute Gasteiger partial charge is 0.459 e. The molecule has 2 aromatic carbocycles. The van der Waals surface area contributed by atoms with Crippen molar-refractivity contribution in [3.63, 3.8) is 0 Å². The van der Waals surface area contributed by atoms with Crippen molar-refractivity contribution in [3.8, 4) is 5.75 Å². The van der Waals surface area contributed by atoms with E-state index in [-0.39, 0.29) is 106 Å². The molecule has 4 saturated heterocycles. The molecule has 8 unspecified atom stereocenters. The number of esters is 4. The first kappa shape index (κ1) is 58.5. The SMILES string of the molecule is CC(C)C1CC(OC(=O)c2cc3cc(C(=O)OC4CC(C(C)C)N(O)C(C(C)C)C4)c(C(=O)OC4CC(C(C)C)N(O)C(C)(C)C4)cc3cc2OC(=O)C2CC(C(C)C)N(O)C(C(C)C)C2)CC(C(C)C)N1O. The van der Waals surface area contributed by atoms with E-state index in [1.54, 1.807) is 0 Å². The van der Waals surface area contributed by atoms with Crippen LogP contribution in [0.4, 0.5) is 0 Å². The molecule has 4 N–H and O–H groups in total. The van der Waals surface area contributed by atoms with Crippen LogP contribution >= 0.6 is 0 Å². The van der Waals surface area contributed by atoms with Gasteiger partial charge in [0, 0.05) is 86.4 Å². The van der Waals surface area contributed by atoms with Crippen LogP contribution in [0, 0.1) is 47.3 Å². The Kier molecular flexibility index (Phi) is 19.0. The van der Waals surface area contributed by atoms with Crippen molar-refractivity contribution < 1.29 is 59.0 Å². The molecule has 0 amide bonds. The first-order valence-corrected chi connectivity index (χ1v) is 27.4. The third-order valence-corrected chi connectivity index (χ3v) is 16.8. The molecule has 0 spiro atoms. The fourth-order valence-electron chi connectivity index (χ4n) is 12.1. The summed E-state index contributed by atoms with van der Waals surface area (Å²) in [5, 5.41) is 51.2. The van der Waals surface area contributed by atoms with Gasteiger partial charge in [0.05, 0.1) is 17.0 Å². The van der Waals surface area contributed by atoms with Gasteiger partial charge in [0.2, 0.25) is 0 Å². The molecule has 4 fully saturated rings. The highest BCUT2D eigenvalue weighted by Gasteiger charge is 2.46. The summed E-state index contributed by atoms with van der Waals surface area (Å²) >= 11 is 0. The predicted octanol–water partition coefficient (Wildman–Crippen LogP) is 10.8. The Morgan fingerprint density at radius 1 is 0.452 bits per heavy atom. The van der Waals surface area contributed by atoms with Crippen molar-refractivity contribution in [2.24, 2.45) is 47.3 Å². The Morgan fingerprint density at radius 3 is 1.12 bits per heavy atom. The lowest BCUT2D eigenvalue weighted by Crippen LogP contribution is -2.57. The molecule has 2 aromatic rings. The molecule has 0 saturated carbocycles. The number of hydroxylamine groups is 8. The van der Waals surface area contributed by atoms with Gasteiger partial charge in [-0.1, -0.05) is 96.9 Å². The zero-order chi connectivity index (χ0) is 54.3. The van der Waals surface area contributed by atoms with Gasteiger partial charge in [-0.25, -0.2) is 14.4 Å². The van der Waals surface area contributed by atoms with Crippen LogP contribution in [0.15, 0.2) is 24.3 Å². The summed E-state index contributed by atoms with van der Waals surface area (Å²) in [5.74, 6) is -3.31. The highest BCUT2D eigenvalue weighted by molar-refractivity contribution is 6.09. The predicted molar refractivity (Wildman–Crippen MR) is 277 cm³/mol. The standard InChI is InChI=1S/C57H90N4O12/c1-29(2)45-20-38(21-46(30(3)4)58(45)66)53(62)73-52-22-37-18-43(55(64)72-41-27-51(35(13)14)61(69)57(15,16)28-41)42(54(63)70-39-23-47(31(5)6)59(67)48(24-39)32(7)8)17-36(37)19-44(52)56(65)71-40-25-49(33(9)10)60(68)50(26-40)34(11)12/h17-19,22,29-35,38-41,45-51,66-69H,20-21,23-28H2,1-16H3. The van der Waals surface area contributed by atoms with Gasteiger partial charge in [-0.15, -0.1) is 0 Å². The van der Waals surface area contributed by atoms with Gasteiger partial charge < -0.3 is 39.8 Å². The minimum atomic E-state index is -0.777. The van der Waals surface area contributed by atoms with E-state index in [9.17, 15) is 40.0 Å². The lowest BCUT2D eigenvalue weighted by atomic mass is 9.80. The summed E-state index contributed by atoms with van der Waals surface area (Å²) in [6.07, 6.45) is 1.01. The van der Waals surface area contributed by atoms with Crippen molar-refractivity contribution >= 4 is 34.6 Å². The summed E-state index contributed by atoms with van der Waals surface area (Å²) in [6, 6.07) is 4.00. The van der Waals surface area contributed by atoms with Gasteiger partial charge >= 0.3 is 23.9 Å². The molecular weight excluding hydrogens is 933 g/mol. The molecule has 0 aliphatic carbocycles. The maximum Gasteiger partial charge on any atom is 0.342 e. The van der Waals surface area contributed by atoms with Crippen LogP contribution in [0.5, 0.6) is 5.75 Å². The fraction of sp³-hybridized carbons (Fsp3) is 0.754. The monoisotopic (exact) mass is 1020 g/mol. The molecule has 16 nitrogen and oxygen atoms in total. The maximum atomic E-state index is 14.8. The average molecular weight is 1020 g/mol. The fourth-order valence-corrected chi connectivity index (χ4v) is 12.1. The van der Waals surface area contributed by atoms with Crippen LogP contribution in [0.2, 0.25) is 0 Å². The number of carbonyl (C=O) groups excluding carboxylic acids is 4. The van der Waals surface area contributed by atoms with E-state index in [1.807, 2.05) is 111 Å². The van der Waals surface area contributed by atoms with Gasteiger partial charge in [-0.2, -0.15) is 20.3 Å². The lowest BCUT2D eigenvalue weighted by Gasteiger charge is -2.47. The Bertz CT molecular complexity index is 2210. The summed E-state index contributed by atoms with van der Waals surface area (Å²) in [5.41, 5.74) is -0.953. The Morgan fingerprint density at radius 2 is 0.753 bits per heavy atom. The summed E-state index contributed by atoms with van der Waals surface area (Å²) in [7, 11) is 0. The number of ether oxygens (including phenoxy) is 4. The molecule has 4 aliphatic rings. The number of fused-ring (bicyclic) bond motifs is 1. The third kappa shape index (κ3) is 13.1. The molecule has 73 heavy (non-hydrogen) atoms. The van der Waals surface area contributed by atoms with Crippen molar-refractivity contribution in [2.45, 2.75) is 228 Å². The van der Waals surface area contributed by atoms with Gasteiger partial charge in [-0.05, 0) is 103 Å². The molecule has 4 aliphatic heterocycles. The molecule has 6 rings (SSSR count). The normalized spacial score (nSPS) is 30.0. The van der Waals surface area contributed by atoms with Crippen LogP contribution < -0.4 is 4.74 Å². The third-order valence-electron chi connectivity index (χ3n) is 16.8. The van der Waals surface area contributed by atoms with Crippen molar-refractivity contribution in [2.75, 3.05) is 0 Å². The van der Waals surface area contributed by atoms with Crippen LogP contribution in [0.3, 0.4) is 0 Å². The lowest BCUT2D eigenvalue weighted by molar-refractivity contribution is -0.235. The van der Waals surface area contributed by atoms with E-state index in [0.717, 1.165) is 0 Å². The number of carbonyl (C=O) groups is 4. The van der Waals surface area contributed by atoms with E-state index < -0.39 is 53.6 Å². The number of rotatable bonds is 15. The summed E-state index contributed by atoms with van der Waals surface area (Å²) in [4.78, 5) is 58.8. The molecule has 0 radical (unpaired) electrons. The summed E-state index contributed by atoms with van der Waals surface area (Å²) < 4.78 is 25.3. The molecule has 410 valence electrons. The molecule has 16 heteroatoms. The van der Waals surface area contributed by atoms with Gasteiger partial charge in [0.1, 0.15) is 29.6 Å². The highest BCUT2D eigenvalue weighted by Crippen LogP contribution is 2.40. The number of benzene rings is 2. The van der Waals surface area contributed by atoms with E-state index in [1.165, 1.54) is 44.5 Å². The molecular formula is C57H90N4O12. The quantitative estimate of drug-likeness (QED) is 0.0745. The van der Waals surface area contributed by atoms with Crippen molar-refractivity contribution in [1.29, 1.82) is 0 Å². The minimum absolute atomic E-state index is 0.0241. The van der Waals surface area contributed by atoms with Crippen LogP contribution in [-0.4, -0.2) is 131 Å². The van der Waals surface area contributed by atoms with Crippen LogP contribution in [0.25, 0.3) is 10.8 Å². The minimum Gasteiger partial charge on any atom is -0.459 e. The second-order valence-corrected chi connectivity index (χ2v) is 25.1. The number of nitrogens with zero attached hydrogens (tertiary/aromatic N) is 4. The number of hydrogen-bond donors (Lipinski definition) is 4. The maximum absolute atomic E-state index is 14.8. The average Bonchev–Trinajstić information content (AvgIpc) is 3.29. The Labute approximate surface area is 434 Å². The Balaban J connectivity index is 1.46. The van der Waals surface area contributed by atoms with Gasteiger partial charge in [0.15, 0.2) is 0 Å². The van der Waals surface area contributed by atoms with Gasteiger partial charge in [0.25, 0.3) is 0 Å². The van der Waals surface area contributed by atoms with E-state index >= 15 is 0 Å². The molecule has 0 bridgehead atoms. The Hall–Kier alpha value is -3.74. The van der Waals surface area contributed by atoms with Crippen LogP contribution in [0.1, 0.15) is 193 Å². The zero-order valence-corrected chi connectivity index (χ0v) is 46.7. The first-order chi connectivity index (χ1) is 34.0. The van der Waals surface area contributed by atoms with E-state index in [0.29, 0.717) is 62.1 Å². The topological polar surface area (TPSA) is 199 Å². The molecule has 4 heterocycles. The van der Waals surface area contributed by atoms with Crippen molar-refractivity contribution in [3.05, 3.63) is 41.0 Å². The van der Waals surface area contributed by atoms with Crippen LogP contribution in [-0.2, 0) is 19.0 Å². The van der Waals surface area contributed by atoms with E-state index in [4.69, 9.17) is 18.9 Å². The second kappa shape index (κ2) is 23.7. The summed E-state index contributed by atoms with van der Waals surface area (Å²) in [6.45, 7) is 31.9. The first-order valence-electron chi connectivity index (χ1n) is 27.4. The van der Waals surface area contributed by atoms with Crippen molar-refractivity contribution in [1.82, 2.24) is 20.3 Å². The zero-order valence-electron chi connectivity index (χ0n) is 46.7. The highest BCUT2D eigenvalue weighted by atomic mass is 16.6. The number of piperidine rings is 4. The van der Waals surface area contributed by atoms with E-state index in [2.05, 4.69) is 0 Å². The smallest absolute Gasteiger partial charge is 0.342 e. The number of hydrogen-bond acceptors (Lipinski definition) is 16. The molecule has 8 atom stereocenters. The second-order valence-electron chi connectivity index (χ2n) is 25.1. The van der Waals surface area contributed by atoms with Gasteiger partial charge in [-0.3, -0.25) is 4.79 Å². The molecule has 0 aromatic heterocycles.